The molecule has 0 saturated carbocycles. The summed E-state index contributed by atoms with van der Waals surface area (Å²) in [6.45, 7) is 0.388. The van der Waals surface area contributed by atoms with E-state index in [1.165, 1.54) is 0 Å². The van der Waals surface area contributed by atoms with E-state index in [1.54, 1.807) is 42.7 Å². The van der Waals surface area contributed by atoms with Crippen LogP contribution in [0.2, 0.25) is 0 Å². The molecule has 28 heavy (non-hydrogen) atoms. The maximum atomic E-state index is 12.1. The van der Waals surface area contributed by atoms with Gasteiger partial charge >= 0.3 is 0 Å². The van der Waals surface area contributed by atoms with Crippen molar-refractivity contribution in [2.75, 3.05) is 26.0 Å². The van der Waals surface area contributed by atoms with Crippen molar-refractivity contribution in [3.05, 3.63) is 65.7 Å². The third kappa shape index (κ3) is 6.05. The molecule has 0 aliphatic carbocycles. The van der Waals surface area contributed by atoms with E-state index < -0.39 is 10.0 Å². The fourth-order valence-electron chi connectivity index (χ4n) is 2.48. The van der Waals surface area contributed by atoms with Gasteiger partial charge in [-0.3, -0.25) is 0 Å². The molecule has 1 aromatic heterocycles. The summed E-state index contributed by atoms with van der Waals surface area (Å²) in [5, 5.41) is 2.90. The zero-order valence-electron chi connectivity index (χ0n) is 15.5. The molecule has 0 amide bonds. The first-order chi connectivity index (χ1) is 13.6. The number of hydrogen-bond donors (Lipinski definition) is 1. The summed E-state index contributed by atoms with van der Waals surface area (Å²) < 4.78 is 37.4. The Labute approximate surface area is 169 Å². The molecule has 6 nitrogen and oxygen atoms in total. The van der Waals surface area contributed by atoms with E-state index in [0.717, 1.165) is 22.0 Å². The second-order valence-corrected chi connectivity index (χ2v) is 8.78. The Bertz CT molecular complexity index is 971. The van der Waals surface area contributed by atoms with Crippen LogP contribution in [0.25, 0.3) is 10.6 Å². The van der Waals surface area contributed by atoms with Gasteiger partial charge in [0, 0.05) is 23.9 Å². The number of ether oxygens (including phenoxy) is 2. The topological polar surface area (TPSA) is 77.5 Å². The smallest absolute Gasteiger partial charge is 0.214 e. The predicted molar refractivity (Wildman–Crippen MR) is 112 cm³/mol. The maximum absolute atomic E-state index is 12.1. The molecular weight excluding hydrogens is 396 g/mol. The van der Waals surface area contributed by atoms with E-state index in [0.29, 0.717) is 18.7 Å². The Hall–Kier alpha value is -2.42. The van der Waals surface area contributed by atoms with Crippen molar-refractivity contribution in [2.24, 2.45) is 0 Å². The molecule has 0 unspecified atom stereocenters. The number of nitrogens with one attached hydrogen (secondary N) is 1. The standard InChI is InChI=1S/C20H22N2O4S2/c1-25-18-7-9-19(10-8-18)26-13-14-28(23,24)21-12-11-17-15-27-20(22-17)16-5-3-2-4-6-16/h2-10,15,21H,11-14H2,1H3. The molecule has 8 heteroatoms. The van der Waals surface area contributed by atoms with Crippen LogP contribution in [0, 0.1) is 0 Å². The zero-order chi connectivity index (χ0) is 19.8. The molecule has 1 heterocycles. The average Bonchev–Trinajstić information content (AvgIpc) is 3.18. The Morgan fingerprint density at radius 1 is 1.04 bits per heavy atom. The number of rotatable bonds is 10. The minimum absolute atomic E-state index is 0.0799. The van der Waals surface area contributed by atoms with Gasteiger partial charge in [0.1, 0.15) is 23.1 Å². The van der Waals surface area contributed by atoms with Crippen LogP contribution in [-0.4, -0.2) is 39.4 Å². The van der Waals surface area contributed by atoms with Crippen LogP contribution in [0.5, 0.6) is 11.5 Å². The largest absolute Gasteiger partial charge is 0.497 e. The van der Waals surface area contributed by atoms with E-state index >= 15 is 0 Å². The number of aromatic nitrogens is 1. The van der Waals surface area contributed by atoms with Gasteiger partial charge in [-0.2, -0.15) is 0 Å². The lowest BCUT2D eigenvalue weighted by atomic mass is 10.2. The van der Waals surface area contributed by atoms with Crippen molar-refractivity contribution in [1.82, 2.24) is 9.71 Å². The minimum atomic E-state index is -3.40. The summed E-state index contributed by atoms with van der Waals surface area (Å²) in [6.07, 6.45) is 0.544. The molecule has 148 valence electrons. The van der Waals surface area contributed by atoms with E-state index in [1.807, 2.05) is 35.7 Å². The highest BCUT2D eigenvalue weighted by Gasteiger charge is 2.11. The molecule has 3 rings (SSSR count). The number of benzene rings is 2. The number of thiazole rings is 1. The molecule has 0 aliphatic rings. The first-order valence-electron chi connectivity index (χ1n) is 8.80. The van der Waals surface area contributed by atoms with Gasteiger partial charge < -0.3 is 9.47 Å². The number of nitrogens with zero attached hydrogens (tertiary/aromatic N) is 1. The summed E-state index contributed by atoms with van der Waals surface area (Å²) in [5.74, 6) is 1.22. The maximum Gasteiger partial charge on any atom is 0.214 e. The molecule has 0 spiro atoms. The Morgan fingerprint density at radius 3 is 2.46 bits per heavy atom. The van der Waals surface area contributed by atoms with Gasteiger partial charge in [-0.05, 0) is 24.3 Å². The first-order valence-corrected chi connectivity index (χ1v) is 11.3. The monoisotopic (exact) mass is 418 g/mol. The molecule has 0 atom stereocenters. The molecule has 0 bridgehead atoms. The summed E-state index contributed by atoms with van der Waals surface area (Å²) in [5.41, 5.74) is 1.94. The van der Waals surface area contributed by atoms with Gasteiger partial charge in [0.05, 0.1) is 18.6 Å². The Morgan fingerprint density at radius 2 is 1.75 bits per heavy atom. The van der Waals surface area contributed by atoms with Crippen molar-refractivity contribution in [3.8, 4) is 22.1 Å². The van der Waals surface area contributed by atoms with E-state index in [4.69, 9.17) is 9.47 Å². The van der Waals surface area contributed by atoms with E-state index in [-0.39, 0.29) is 12.4 Å². The average molecular weight is 419 g/mol. The van der Waals surface area contributed by atoms with Gasteiger partial charge in [0.25, 0.3) is 0 Å². The van der Waals surface area contributed by atoms with Crippen LogP contribution >= 0.6 is 11.3 Å². The molecular formula is C20H22N2O4S2. The van der Waals surface area contributed by atoms with Crippen LogP contribution in [0.3, 0.4) is 0 Å². The quantitative estimate of drug-likeness (QED) is 0.546. The fourth-order valence-corrected chi connectivity index (χ4v) is 4.20. The Balaban J connectivity index is 1.41. The van der Waals surface area contributed by atoms with Crippen LogP contribution in [0.1, 0.15) is 5.69 Å². The molecule has 0 fully saturated rings. The fraction of sp³-hybridized carbons (Fsp3) is 0.250. The molecule has 0 aliphatic heterocycles. The van der Waals surface area contributed by atoms with Crippen molar-refractivity contribution < 1.29 is 17.9 Å². The van der Waals surface area contributed by atoms with Gasteiger partial charge in [0.15, 0.2) is 0 Å². The van der Waals surface area contributed by atoms with Gasteiger partial charge in [-0.15, -0.1) is 11.3 Å². The molecule has 0 radical (unpaired) electrons. The molecule has 1 N–H and O–H groups in total. The van der Waals surface area contributed by atoms with Crippen molar-refractivity contribution in [1.29, 1.82) is 0 Å². The highest BCUT2D eigenvalue weighted by Crippen LogP contribution is 2.23. The van der Waals surface area contributed by atoms with Crippen LogP contribution in [-0.2, 0) is 16.4 Å². The van der Waals surface area contributed by atoms with Gasteiger partial charge in [-0.25, -0.2) is 18.1 Å². The van der Waals surface area contributed by atoms with E-state index in [9.17, 15) is 8.42 Å². The highest BCUT2D eigenvalue weighted by molar-refractivity contribution is 7.89. The summed E-state index contributed by atoms with van der Waals surface area (Å²) in [4.78, 5) is 4.56. The lowest BCUT2D eigenvalue weighted by Crippen LogP contribution is -2.30. The lowest BCUT2D eigenvalue weighted by molar-refractivity contribution is 0.339. The summed E-state index contributed by atoms with van der Waals surface area (Å²) >= 11 is 1.56. The van der Waals surface area contributed by atoms with Gasteiger partial charge in [-0.1, -0.05) is 30.3 Å². The number of sulfonamides is 1. The molecule has 2 aromatic carbocycles. The molecule has 0 saturated heterocycles. The zero-order valence-corrected chi connectivity index (χ0v) is 17.1. The number of methoxy groups -OCH3 is 1. The summed E-state index contributed by atoms with van der Waals surface area (Å²) in [6, 6.07) is 16.9. The van der Waals surface area contributed by atoms with Crippen LogP contribution < -0.4 is 14.2 Å². The van der Waals surface area contributed by atoms with Crippen LogP contribution in [0.15, 0.2) is 60.0 Å². The Kier molecular flexibility index (Phi) is 7.02. The normalized spacial score (nSPS) is 11.3. The minimum Gasteiger partial charge on any atom is -0.497 e. The predicted octanol–water partition coefficient (Wildman–Crippen LogP) is 3.36. The summed E-state index contributed by atoms with van der Waals surface area (Å²) in [7, 11) is -1.82. The third-order valence-electron chi connectivity index (χ3n) is 3.96. The van der Waals surface area contributed by atoms with Crippen molar-refractivity contribution >= 4 is 21.4 Å². The SMILES string of the molecule is COc1ccc(OCCS(=O)(=O)NCCc2csc(-c3ccccc3)n2)cc1. The molecule has 3 aromatic rings. The van der Waals surface area contributed by atoms with Crippen molar-refractivity contribution in [2.45, 2.75) is 6.42 Å². The first kappa shape index (κ1) is 20.3. The van der Waals surface area contributed by atoms with Crippen LogP contribution in [0.4, 0.5) is 0 Å². The highest BCUT2D eigenvalue weighted by atomic mass is 32.2. The number of hydrogen-bond acceptors (Lipinski definition) is 6. The van der Waals surface area contributed by atoms with Crippen molar-refractivity contribution in [3.63, 3.8) is 0 Å². The second-order valence-electron chi connectivity index (χ2n) is 6.00. The lowest BCUT2D eigenvalue weighted by Gasteiger charge is -2.08. The van der Waals surface area contributed by atoms with E-state index in [2.05, 4.69) is 9.71 Å². The van der Waals surface area contributed by atoms with Gasteiger partial charge in [0.2, 0.25) is 10.0 Å². The second kappa shape index (κ2) is 9.68. The third-order valence-corrected chi connectivity index (χ3v) is 6.24.